The van der Waals surface area contributed by atoms with Crippen molar-refractivity contribution in [3.8, 4) is 0 Å². The topological polar surface area (TPSA) is 73.0 Å². The Morgan fingerprint density at radius 3 is 2.28 bits per heavy atom. The van der Waals surface area contributed by atoms with Crippen LogP contribution in [0.2, 0.25) is 0 Å². The Morgan fingerprint density at radius 1 is 1.12 bits per heavy atom. The predicted molar refractivity (Wildman–Crippen MR) is 99.7 cm³/mol. The fourth-order valence-electron chi connectivity index (χ4n) is 2.94. The molecule has 1 saturated heterocycles. The highest BCUT2D eigenvalue weighted by Gasteiger charge is 2.31. The molecule has 0 saturated carbocycles. The fraction of sp³-hybridized carbons (Fsp3) is 0.588. The van der Waals surface area contributed by atoms with Gasteiger partial charge >= 0.3 is 0 Å². The van der Waals surface area contributed by atoms with Crippen LogP contribution in [0.5, 0.6) is 0 Å². The first-order chi connectivity index (χ1) is 11.9. The summed E-state index contributed by atoms with van der Waals surface area (Å²) in [6.45, 7) is 8.78. The van der Waals surface area contributed by atoms with Crippen molar-refractivity contribution in [1.29, 1.82) is 0 Å². The Labute approximate surface area is 150 Å². The van der Waals surface area contributed by atoms with E-state index in [9.17, 15) is 13.2 Å². The average Bonchev–Trinajstić information content (AvgIpc) is 2.58. The summed E-state index contributed by atoms with van der Waals surface area (Å²) in [5, 5.41) is 2.91. The van der Waals surface area contributed by atoms with Crippen molar-refractivity contribution in [2.24, 2.45) is 0 Å². The molecule has 1 aliphatic heterocycles. The molecule has 1 fully saturated rings. The van der Waals surface area contributed by atoms with Crippen LogP contribution in [-0.2, 0) is 15.0 Å². The minimum atomic E-state index is -3.39. The lowest BCUT2D eigenvalue weighted by Crippen LogP contribution is -2.54. The third kappa shape index (κ3) is 5.01. The van der Waals surface area contributed by atoms with Crippen molar-refractivity contribution in [1.82, 2.24) is 13.5 Å². The van der Waals surface area contributed by atoms with Crippen molar-refractivity contribution in [3.63, 3.8) is 0 Å². The lowest BCUT2D eigenvalue weighted by molar-refractivity contribution is -0.117. The van der Waals surface area contributed by atoms with Gasteiger partial charge in [-0.3, -0.25) is 9.69 Å². The van der Waals surface area contributed by atoms with Crippen LogP contribution in [-0.4, -0.2) is 73.6 Å². The summed E-state index contributed by atoms with van der Waals surface area (Å²) in [7, 11) is -3.39. The van der Waals surface area contributed by atoms with Gasteiger partial charge in [0.2, 0.25) is 5.91 Å². The summed E-state index contributed by atoms with van der Waals surface area (Å²) in [6.07, 6.45) is 0. The molecule has 25 heavy (non-hydrogen) atoms. The van der Waals surface area contributed by atoms with E-state index in [0.717, 1.165) is 11.3 Å². The second-order valence-corrected chi connectivity index (χ2v) is 8.06. The molecule has 0 radical (unpaired) electrons. The second-order valence-electron chi connectivity index (χ2n) is 6.13. The molecule has 0 bridgehead atoms. The summed E-state index contributed by atoms with van der Waals surface area (Å²) in [5.74, 6) is -0.0747. The molecule has 140 valence electrons. The maximum absolute atomic E-state index is 12.5. The zero-order valence-electron chi connectivity index (χ0n) is 15.2. The number of hydrogen-bond donors (Lipinski definition) is 1. The lowest BCUT2D eigenvalue weighted by Gasteiger charge is -2.35. The Morgan fingerprint density at radius 2 is 1.72 bits per heavy atom. The molecule has 1 heterocycles. The number of amides is 1. The Balaban J connectivity index is 1.86. The average molecular weight is 369 g/mol. The first-order valence-corrected chi connectivity index (χ1v) is 10.1. The first kappa shape index (κ1) is 19.8. The molecule has 1 aliphatic rings. The van der Waals surface area contributed by atoms with Gasteiger partial charge in [0.25, 0.3) is 10.2 Å². The molecule has 0 aliphatic carbocycles. The largest absolute Gasteiger partial charge is 0.325 e. The number of carbonyl (C=O) groups is 1. The summed E-state index contributed by atoms with van der Waals surface area (Å²) < 4.78 is 28.0. The molecule has 8 heteroatoms. The van der Waals surface area contributed by atoms with E-state index in [1.807, 2.05) is 49.9 Å². The molecular weight excluding hydrogens is 340 g/mol. The molecule has 0 aromatic heterocycles. The van der Waals surface area contributed by atoms with E-state index in [2.05, 4.69) is 5.32 Å². The number of benzene rings is 1. The van der Waals surface area contributed by atoms with Gasteiger partial charge in [-0.05, 0) is 18.6 Å². The van der Waals surface area contributed by atoms with Crippen molar-refractivity contribution in [2.75, 3.05) is 51.1 Å². The van der Waals surface area contributed by atoms with E-state index in [4.69, 9.17) is 0 Å². The van der Waals surface area contributed by atoms with Crippen LogP contribution in [0.3, 0.4) is 0 Å². The number of carbonyl (C=O) groups excluding carboxylic acids is 1. The molecule has 2 rings (SSSR count). The summed E-state index contributed by atoms with van der Waals surface area (Å²) >= 11 is 0. The molecule has 1 amide bonds. The van der Waals surface area contributed by atoms with Gasteiger partial charge in [-0.2, -0.15) is 17.0 Å². The number of rotatable bonds is 7. The zero-order chi connectivity index (χ0) is 18.4. The van der Waals surface area contributed by atoms with Gasteiger partial charge in [0.15, 0.2) is 0 Å². The molecule has 0 unspecified atom stereocenters. The van der Waals surface area contributed by atoms with Crippen molar-refractivity contribution in [3.05, 3.63) is 29.8 Å². The maximum Gasteiger partial charge on any atom is 0.282 e. The minimum Gasteiger partial charge on any atom is -0.325 e. The normalized spacial score (nSPS) is 17.0. The molecule has 1 N–H and O–H groups in total. The number of anilines is 1. The number of para-hydroxylation sites is 1. The van der Waals surface area contributed by atoms with E-state index in [-0.39, 0.29) is 12.5 Å². The van der Waals surface area contributed by atoms with Gasteiger partial charge in [-0.1, -0.05) is 32.0 Å². The second kappa shape index (κ2) is 8.75. The van der Waals surface area contributed by atoms with Crippen molar-refractivity contribution < 1.29 is 13.2 Å². The van der Waals surface area contributed by atoms with Crippen molar-refractivity contribution >= 4 is 21.8 Å². The first-order valence-electron chi connectivity index (χ1n) is 8.71. The highest BCUT2D eigenvalue weighted by atomic mass is 32.2. The van der Waals surface area contributed by atoms with Gasteiger partial charge in [-0.15, -0.1) is 0 Å². The molecule has 1 aromatic carbocycles. The lowest BCUT2D eigenvalue weighted by atomic mass is 10.2. The van der Waals surface area contributed by atoms with Gasteiger partial charge in [0.1, 0.15) is 0 Å². The number of aryl methyl sites for hydroxylation is 1. The Kier molecular flexibility index (Phi) is 6.95. The van der Waals surface area contributed by atoms with E-state index in [0.29, 0.717) is 39.3 Å². The molecule has 1 aromatic rings. The molecular formula is C17H28N4O3S. The van der Waals surface area contributed by atoms with Crippen LogP contribution >= 0.6 is 0 Å². The van der Waals surface area contributed by atoms with Crippen molar-refractivity contribution in [2.45, 2.75) is 20.8 Å². The quantitative estimate of drug-likeness (QED) is 0.783. The maximum atomic E-state index is 12.5. The Hall–Kier alpha value is -1.48. The van der Waals surface area contributed by atoms with Crippen LogP contribution in [0.4, 0.5) is 5.69 Å². The number of hydrogen-bond acceptors (Lipinski definition) is 4. The van der Waals surface area contributed by atoms with Crippen LogP contribution in [0.15, 0.2) is 24.3 Å². The van der Waals surface area contributed by atoms with E-state index in [1.54, 1.807) is 0 Å². The number of nitrogens with one attached hydrogen (secondary N) is 1. The third-order valence-electron chi connectivity index (χ3n) is 4.48. The standard InChI is InChI=1S/C17H28N4O3S/c1-4-20(5-2)25(23,24)21-12-10-19(11-13-21)14-17(22)18-16-9-7-6-8-15(16)3/h6-9H,4-5,10-14H2,1-3H3,(H,18,22). The van der Waals surface area contributed by atoms with E-state index >= 15 is 0 Å². The summed E-state index contributed by atoms with van der Waals surface area (Å²) in [4.78, 5) is 14.2. The predicted octanol–water partition coefficient (Wildman–Crippen LogP) is 1.14. The smallest absolute Gasteiger partial charge is 0.282 e. The fourth-order valence-corrected chi connectivity index (χ4v) is 4.54. The Bertz CT molecular complexity index is 681. The molecule has 0 spiro atoms. The molecule has 0 atom stereocenters. The molecule has 7 nitrogen and oxygen atoms in total. The van der Waals surface area contributed by atoms with Crippen LogP contribution in [0, 0.1) is 6.92 Å². The van der Waals surface area contributed by atoms with Gasteiger partial charge in [-0.25, -0.2) is 0 Å². The SMILES string of the molecule is CCN(CC)S(=O)(=O)N1CCN(CC(=O)Nc2ccccc2C)CC1. The number of nitrogens with zero attached hydrogens (tertiary/aromatic N) is 3. The highest BCUT2D eigenvalue weighted by Crippen LogP contribution is 2.14. The zero-order valence-corrected chi connectivity index (χ0v) is 16.1. The highest BCUT2D eigenvalue weighted by molar-refractivity contribution is 7.86. The monoisotopic (exact) mass is 368 g/mol. The number of piperazine rings is 1. The van der Waals surface area contributed by atoms with E-state index < -0.39 is 10.2 Å². The van der Waals surface area contributed by atoms with Crippen LogP contribution in [0.25, 0.3) is 0 Å². The summed E-state index contributed by atoms with van der Waals surface area (Å²) in [5.41, 5.74) is 1.83. The van der Waals surface area contributed by atoms with E-state index in [1.165, 1.54) is 8.61 Å². The van der Waals surface area contributed by atoms with Crippen LogP contribution in [0.1, 0.15) is 19.4 Å². The van der Waals surface area contributed by atoms with Crippen LogP contribution < -0.4 is 5.32 Å². The third-order valence-corrected chi connectivity index (χ3v) is 6.66. The van der Waals surface area contributed by atoms with Gasteiger partial charge in [0, 0.05) is 45.0 Å². The van der Waals surface area contributed by atoms with Gasteiger partial charge < -0.3 is 5.32 Å². The minimum absolute atomic E-state index is 0.0747. The van der Waals surface area contributed by atoms with Gasteiger partial charge in [0.05, 0.1) is 6.54 Å². The summed E-state index contributed by atoms with van der Waals surface area (Å²) in [6, 6.07) is 7.65.